The first kappa shape index (κ1) is 5.12. The quantitative estimate of drug-likeness (QED) is 0.519. The van der Waals surface area contributed by atoms with Gasteiger partial charge in [-0.2, -0.15) is 0 Å². The van der Waals surface area contributed by atoms with Gasteiger partial charge in [-0.15, -0.1) is 3.97 Å². The smallest absolute Gasteiger partial charge is 0.124 e. The van der Waals surface area contributed by atoms with E-state index in [0.29, 0.717) is 0 Å². The van der Waals surface area contributed by atoms with Gasteiger partial charge in [0.25, 0.3) is 0 Å². The monoisotopic (exact) mass is 132 g/mol. The summed E-state index contributed by atoms with van der Waals surface area (Å²) < 4.78 is 2.06. The summed E-state index contributed by atoms with van der Waals surface area (Å²) in [6.45, 7) is 0. The van der Waals surface area contributed by atoms with Gasteiger partial charge in [0.1, 0.15) is 0 Å². The van der Waals surface area contributed by atoms with Crippen LogP contribution in [0.4, 0.5) is 0 Å². The van der Waals surface area contributed by atoms with Crippen LogP contribution >= 0.6 is 23.3 Å². The summed E-state index contributed by atoms with van der Waals surface area (Å²) in [6, 6.07) is 0. The van der Waals surface area contributed by atoms with Crippen LogP contribution in [-0.2, 0) is 0 Å². The highest BCUT2D eigenvalue weighted by Gasteiger charge is 1.92. The van der Waals surface area contributed by atoms with Crippen molar-refractivity contribution in [2.75, 3.05) is 6.26 Å². The Hall–Kier alpha value is -0.0200. The summed E-state index contributed by atoms with van der Waals surface area (Å²) in [6.07, 6.45) is 4.09. The molecule has 0 aliphatic heterocycles. The minimum atomic E-state index is 1.70. The second kappa shape index (κ2) is 2.33. The molecule has 0 bridgehead atoms. The zero-order chi connectivity index (χ0) is 5.11. The summed E-state index contributed by atoms with van der Waals surface area (Å²) in [5.74, 6) is 0. The Balaban J connectivity index is 2.76. The summed E-state index contributed by atoms with van der Waals surface area (Å²) in [5, 5.41) is 2.05. The molecular formula is C4H6NS2+. The van der Waals surface area contributed by atoms with E-state index in [1.54, 1.807) is 23.3 Å². The Labute approximate surface area is 51.1 Å². The second-order valence-electron chi connectivity index (χ2n) is 1.07. The fraction of sp³-hybridized carbons (Fsp3) is 0.250. The molecule has 7 heavy (non-hydrogen) atoms. The molecule has 0 unspecified atom stereocenters. The number of nitrogens with zero attached hydrogens (tertiary/aromatic N) is 1. The van der Waals surface area contributed by atoms with E-state index in [0.717, 1.165) is 0 Å². The van der Waals surface area contributed by atoms with Crippen molar-refractivity contribution < 1.29 is 3.97 Å². The Morgan fingerprint density at radius 2 is 2.57 bits per heavy atom. The lowest BCUT2D eigenvalue weighted by atomic mass is 11.0. The summed E-state index contributed by atoms with van der Waals surface area (Å²) >= 11 is 3.41. The van der Waals surface area contributed by atoms with Crippen LogP contribution in [0.2, 0.25) is 0 Å². The van der Waals surface area contributed by atoms with Gasteiger partial charge in [-0.3, -0.25) is 0 Å². The zero-order valence-corrected chi connectivity index (χ0v) is 5.63. The first-order valence-electron chi connectivity index (χ1n) is 1.91. The Bertz CT molecular complexity index is 124. The third-order valence-corrected chi connectivity index (χ3v) is 2.07. The largest absolute Gasteiger partial charge is 0.238 e. The molecule has 3 heteroatoms. The number of rotatable bonds is 1. The SMILES string of the molecule is CS[n+]1ccsc1. The lowest BCUT2D eigenvalue weighted by molar-refractivity contribution is -0.487. The molecule has 0 spiro atoms. The van der Waals surface area contributed by atoms with Gasteiger partial charge in [0.05, 0.1) is 5.38 Å². The average molecular weight is 132 g/mol. The van der Waals surface area contributed by atoms with Crippen LogP contribution in [0.1, 0.15) is 0 Å². The summed E-state index contributed by atoms with van der Waals surface area (Å²) in [7, 11) is 0. The standard InChI is InChI=1S/C4H6NS2/c1-6-5-2-3-7-4-5/h2-4H,1H3/q+1. The molecule has 1 nitrogen and oxygen atoms in total. The first-order chi connectivity index (χ1) is 3.43. The van der Waals surface area contributed by atoms with Gasteiger partial charge >= 0.3 is 0 Å². The van der Waals surface area contributed by atoms with Crippen molar-refractivity contribution in [3.05, 3.63) is 17.1 Å². The van der Waals surface area contributed by atoms with Crippen molar-refractivity contribution in [3.63, 3.8) is 0 Å². The molecule has 0 aliphatic rings. The fourth-order valence-corrected chi connectivity index (χ4v) is 1.54. The van der Waals surface area contributed by atoms with Crippen molar-refractivity contribution in [3.8, 4) is 0 Å². The molecule has 0 fully saturated rings. The van der Waals surface area contributed by atoms with Gasteiger partial charge in [-0.05, 0) is 0 Å². The molecule has 1 aromatic heterocycles. The van der Waals surface area contributed by atoms with Crippen LogP contribution in [0.15, 0.2) is 17.1 Å². The van der Waals surface area contributed by atoms with E-state index in [2.05, 4.69) is 14.9 Å². The van der Waals surface area contributed by atoms with Crippen molar-refractivity contribution in [2.45, 2.75) is 0 Å². The molecule has 0 N–H and O–H groups in total. The molecule has 0 saturated heterocycles. The second-order valence-corrected chi connectivity index (χ2v) is 2.61. The molecule has 0 aromatic carbocycles. The maximum absolute atomic E-state index is 2.06. The predicted octanol–water partition coefficient (Wildman–Crippen LogP) is 1.16. The molecule has 1 rings (SSSR count). The topological polar surface area (TPSA) is 3.88 Å². The van der Waals surface area contributed by atoms with Gasteiger partial charge in [0, 0.05) is 6.26 Å². The highest BCUT2D eigenvalue weighted by atomic mass is 32.2. The van der Waals surface area contributed by atoms with Crippen molar-refractivity contribution in [1.82, 2.24) is 0 Å². The molecule has 0 aliphatic carbocycles. The van der Waals surface area contributed by atoms with E-state index in [4.69, 9.17) is 0 Å². The van der Waals surface area contributed by atoms with E-state index in [1.165, 1.54) is 0 Å². The van der Waals surface area contributed by atoms with E-state index in [9.17, 15) is 0 Å². The number of hydrogen-bond donors (Lipinski definition) is 0. The summed E-state index contributed by atoms with van der Waals surface area (Å²) in [5.41, 5.74) is 2.06. The van der Waals surface area contributed by atoms with Gasteiger partial charge in [0.2, 0.25) is 5.51 Å². The molecular weight excluding hydrogens is 126 g/mol. The molecule has 0 amide bonds. The Morgan fingerprint density at radius 3 is 2.86 bits per heavy atom. The Kier molecular flexibility index (Phi) is 1.70. The van der Waals surface area contributed by atoms with Crippen LogP contribution in [-0.4, -0.2) is 6.26 Å². The zero-order valence-electron chi connectivity index (χ0n) is 4.00. The number of hydrogen-bond acceptors (Lipinski definition) is 2. The minimum absolute atomic E-state index is 1.70. The average Bonchev–Trinajstić information content (AvgIpc) is 2.14. The highest BCUT2D eigenvalue weighted by molar-refractivity contribution is 7.92. The molecule has 1 heterocycles. The minimum Gasteiger partial charge on any atom is -0.124 e. The predicted molar refractivity (Wildman–Crippen MR) is 33.4 cm³/mol. The lowest BCUT2D eigenvalue weighted by Gasteiger charge is -1.70. The van der Waals surface area contributed by atoms with Crippen molar-refractivity contribution in [1.29, 1.82) is 0 Å². The van der Waals surface area contributed by atoms with Crippen molar-refractivity contribution >= 4 is 23.3 Å². The molecule has 38 valence electrons. The maximum atomic E-state index is 2.06. The van der Waals surface area contributed by atoms with Crippen LogP contribution in [0.25, 0.3) is 0 Å². The van der Waals surface area contributed by atoms with Crippen molar-refractivity contribution in [2.24, 2.45) is 0 Å². The first-order valence-corrected chi connectivity index (χ1v) is 4.04. The fourth-order valence-electron chi connectivity index (χ4n) is 0.329. The van der Waals surface area contributed by atoms with Gasteiger partial charge in [-0.1, -0.05) is 11.3 Å². The lowest BCUT2D eigenvalue weighted by Crippen LogP contribution is -2.17. The molecule has 0 radical (unpaired) electrons. The van der Waals surface area contributed by atoms with Crippen LogP contribution in [0, 0.1) is 0 Å². The maximum Gasteiger partial charge on any atom is 0.238 e. The highest BCUT2D eigenvalue weighted by Crippen LogP contribution is 1.91. The number of aromatic nitrogens is 1. The molecule has 0 saturated carbocycles. The third kappa shape index (κ3) is 1.17. The van der Waals surface area contributed by atoms with Gasteiger partial charge in [0.15, 0.2) is 18.1 Å². The van der Waals surface area contributed by atoms with E-state index in [1.807, 2.05) is 12.5 Å². The molecule has 1 aromatic rings. The third-order valence-electron chi connectivity index (χ3n) is 0.662. The molecule has 0 atom stereocenters. The summed E-state index contributed by atoms with van der Waals surface area (Å²) in [4.78, 5) is 0. The van der Waals surface area contributed by atoms with Crippen LogP contribution in [0.5, 0.6) is 0 Å². The van der Waals surface area contributed by atoms with E-state index >= 15 is 0 Å². The van der Waals surface area contributed by atoms with E-state index in [-0.39, 0.29) is 0 Å². The van der Waals surface area contributed by atoms with Gasteiger partial charge in [-0.25, -0.2) is 0 Å². The van der Waals surface area contributed by atoms with Crippen LogP contribution < -0.4 is 3.97 Å². The number of thiazole rings is 1. The Morgan fingerprint density at radius 1 is 1.71 bits per heavy atom. The van der Waals surface area contributed by atoms with Crippen LogP contribution in [0.3, 0.4) is 0 Å². The van der Waals surface area contributed by atoms with E-state index < -0.39 is 0 Å². The normalized spacial score (nSPS) is 9.29. The van der Waals surface area contributed by atoms with Gasteiger partial charge < -0.3 is 0 Å².